The van der Waals surface area contributed by atoms with Crippen LogP contribution in [0.1, 0.15) is 52.4 Å². The lowest BCUT2D eigenvalue weighted by atomic mass is 10.1. The average molecular weight is 322 g/mol. The number of hydrogen-bond acceptors (Lipinski definition) is 3. The summed E-state index contributed by atoms with van der Waals surface area (Å²) in [5, 5.41) is 3.10. The van der Waals surface area contributed by atoms with Gasteiger partial charge in [-0.25, -0.2) is 4.98 Å². The summed E-state index contributed by atoms with van der Waals surface area (Å²) in [6, 6.07) is 7.63. The van der Waals surface area contributed by atoms with Crippen molar-refractivity contribution in [3.8, 4) is 0 Å². The summed E-state index contributed by atoms with van der Waals surface area (Å²) in [6.45, 7) is 8.01. The number of aryl methyl sites for hydroxylation is 3. The minimum absolute atomic E-state index is 0.112. The maximum atomic E-state index is 12.8. The van der Waals surface area contributed by atoms with Gasteiger partial charge in [0.1, 0.15) is 5.65 Å². The van der Waals surface area contributed by atoms with Crippen LogP contribution in [-0.4, -0.2) is 20.3 Å². The smallest absolute Gasteiger partial charge is 0.255 e. The average Bonchev–Trinajstić information content (AvgIpc) is 2.97. The first-order chi connectivity index (χ1) is 11.5. The molecule has 24 heavy (non-hydrogen) atoms. The molecule has 0 saturated heterocycles. The van der Waals surface area contributed by atoms with Crippen molar-refractivity contribution in [3.63, 3.8) is 0 Å². The fourth-order valence-electron chi connectivity index (χ4n) is 3.03. The second-order valence-corrected chi connectivity index (χ2v) is 6.10. The van der Waals surface area contributed by atoms with E-state index in [1.165, 1.54) is 0 Å². The minimum atomic E-state index is -0.119. The molecule has 3 rings (SSSR count). The van der Waals surface area contributed by atoms with Gasteiger partial charge in [-0.05, 0) is 51.0 Å². The molecule has 0 bridgehead atoms. The van der Waals surface area contributed by atoms with Gasteiger partial charge in [0.15, 0.2) is 0 Å². The van der Waals surface area contributed by atoms with E-state index in [9.17, 15) is 4.79 Å². The van der Waals surface area contributed by atoms with Crippen molar-refractivity contribution in [3.05, 3.63) is 64.9 Å². The van der Waals surface area contributed by atoms with Gasteiger partial charge in [-0.15, -0.1) is 0 Å². The predicted molar refractivity (Wildman–Crippen MR) is 94.1 cm³/mol. The van der Waals surface area contributed by atoms with Gasteiger partial charge in [0.25, 0.3) is 5.91 Å². The molecule has 3 aromatic heterocycles. The topological polar surface area (TPSA) is 59.3 Å². The number of fused-ring (bicyclic) bond motifs is 1. The Bertz CT molecular complexity index is 898. The Balaban J connectivity index is 1.93. The van der Waals surface area contributed by atoms with E-state index in [0.29, 0.717) is 11.2 Å². The van der Waals surface area contributed by atoms with Gasteiger partial charge >= 0.3 is 0 Å². The molecule has 0 spiro atoms. The van der Waals surface area contributed by atoms with Gasteiger partial charge in [-0.1, -0.05) is 13.0 Å². The Morgan fingerprint density at radius 1 is 1.29 bits per heavy atom. The summed E-state index contributed by atoms with van der Waals surface area (Å²) >= 11 is 0. The van der Waals surface area contributed by atoms with Crippen LogP contribution in [0.2, 0.25) is 0 Å². The number of rotatable bonds is 4. The summed E-state index contributed by atoms with van der Waals surface area (Å²) in [5.74, 6) is -0.119. The van der Waals surface area contributed by atoms with Gasteiger partial charge in [0, 0.05) is 23.8 Å². The molecule has 1 unspecified atom stereocenters. The standard InChI is InChI=1S/C19H22N4O/c1-5-16(17-12(2)7-6-9-20-17)22-19(24)15-8-10-23-14(4)11-13(3)21-18(15)23/h6-11,16H,5H2,1-4H3,(H,22,24). The van der Waals surface area contributed by atoms with E-state index in [0.717, 1.165) is 29.1 Å². The quantitative estimate of drug-likeness (QED) is 0.799. The Hall–Kier alpha value is -2.69. The first-order valence-electron chi connectivity index (χ1n) is 8.19. The number of nitrogens with one attached hydrogen (secondary N) is 1. The van der Waals surface area contributed by atoms with Crippen LogP contribution >= 0.6 is 0 Å². The fraction of sp³-hybridized carbons (Fsp3) is 0.316. The number of carbonyl (C=O) groups excluding carboxylic acids is 1. The van der Waals surface area contributed by atoms with Crippen molar-refractivity contribution < 1.29 is 4.79 Å². The Morgan fingerprint density at radius 2 is 2.08 bits per heavy atom. The number of pyridine rings is 1. The molecule has 0 saturated carbocycles. The zero-order chi connectivity index (χ0) is 17.3. The Morgan fingerprint density at radius 3 is 2.79 bits per heavy atom. The lowest BCUT2D eigenvalue weighted by Crippen LogP contribution is -2.29. The molecular formula is C19H22N4O. The monoisotopic (exact) mass is 322 g/mol. The number of amides is 1. The second kappa shape index (κ2) is 6.43. The van der Waals surface area contributed by atoms with Crippen molar-refractivity contribution in [1.29, 1.82) is 0 Å². The number of aromatic nitrogens is 3. The molecular weight excluding hydrogens is 300 g/mol. The van der Waals surface area contributed by atoms with Crippen LogP contribution in [-0.2, 0) is 0 Å². The molecule has 1 N–H and O–H groups in total. The molecule has 1 atom stereocenters. The van der Waals surface area contributed by atoms with Crippen LogP contribution in [0, 0.1) is 20.8 Å². The first kappa shape index (κ1) is 16.2. The summed E-state index contributed by atoms with van der Waals surface area (Å²) in [7, 11) is 0. The van der Waals surface area contributed by atoms with Crippen molar-refractivity contribution in [2.24, 2.45) is 0 Å². The summed E-state index contributed by atoms with van der Waals surface area (Å²) in [5.41, 5.74) is 5.24. The van der Waals surface area contributed by atoms with Gasteiger partial charge in [0.2, 0.25) is 0 Å². The number of hydrogen-bond donors (Lipinski definition) is 1. The third-order valence-corrected chi connectivity index (χ3v) is 4.28. The van der Waals surface area contributed by atoms with Crippen LogP contribution in [0.5, 0.6) is 0 Å². The third kappa shape index (κ3) is 2.89. The van der Waals surface area contributed by atoms with Crippen LogP contribution in [0.25, 0.3) is 5.65 Å². The lowest BCUT2D eigenvalue weighted by Gasteiger charge is -2.18. The summed E-state index contributed by atoms with van der Waals surface area (Å²) in [4.78, 5) is 21.8. The van der Waals surface area contributed by atoms with Gasteiger partial charge in [0.05, 0.1) is 17.3 Å². The molecule has 0 aliphatic rings. The molecule has 0 radical (unpaired) electrons. The fourth-order valence-corrected chi connectivity index (χ4v) is 3.03. The van der Waals surface area contributed by atoms with Gasteiger partial charge < -0.3 is 9.72 Å². The highest BCUT2D eigenvalue weighted by molar-refractivity contribution is 6.00. The van der Waals surface area contributed by atoms with Crippen molar-refractivity contribution in [2.45, 2.75) is 40.2 Å². The first-order valence-corrected chi connectivity index (χ1v) is 8.19. The molecule has 0 aliphatic heterocycles. The van der Waals surface area contributed by atoms with Crippen LogP contribution in [0.4, 0.5) is 0 Å². The van der Waals surface area contributed by atoms with E-state index in [1.54, 1.807) is 6.20 Å². The van der Waals surface area contributed by atoms with E-state index in [2.05, 4.69) is 15.3 Å². The van der Waals surface area contributed by atoms with Crippen LogP contribution in [0.3, 0.4) is 0 Å². The minimum Gasteiger partial charge on any atom is -0.344 e. The van der Waals surface area contributed by atoms with Crippen molar-refractivity contribution in [1.82, 2.24) is 19.7 Å². The van der Waals surface area contributed by atoms with E-state index in [4.69, 9.17) is 0 Å². The summed E-state index contributed by atoms with van der Waals surface area (Å²) in [6.07, 6.45) is 4.43. The van der Waals surface area contributed by atoms with Gasteiger partial charge in [-0.2, -0.15) is 0 Å². The molecule has 3 heterocycles. The molecule has 0 aliphatic carbocycles. The summed E-state index contributed by atoms with van der Waals surface area (Å²) < 4.78 is 1.94. The predicted octanol–water partition coefficient (Wildman–Crippen LogP) is 3.54. The highest BCUT2D eigenvalue weighted by atomic mass is 16.1. The maximum absolute atomic E-state index is 12.8. The molecule has 124 valence electrons. The molecule has 0 fully saturated rings. The second-order valence-electron chi connectivity index (χ2n) is 6.10. The molecule has 5 nitrogen and oxygen atoms in total. The zero-order valence-electron chi connectivity index (χ0n) is 14.5. The third-order valence-electron chi connectivity index (χ3n) is 4.28. The number of nitrogens with zero attached hydrogens (tertiary/aromatic N) is 3. The van der Waals surface area contributed by atoms with Crippen LogP contribution in [0.15, 0.2) is 36.7 Å². The highest BCUT2D eigenvalue weighted by Crippen LogP contribution is 2.20. The van der Waals surface area contributed by atoms with E-state index in [-0.39, 0.29) is 11.9 Å². The largest absolute Gasteiger partial charge is 0.344 e. The van der Waals surface area contributed by atoms with E-state index in [1.807, 2.05) is 62.6 Å². The Labute approximate surface area is 141 Å². The highest BCUT2D eigenvalue weighted by Gasteiger charge is 2.20. The number of carbonyl (C=O) groups is 1. The van der Waals surface area contributed by atoms with Gasteiger partial charge in [-0.3, -0.25) is 9.78 Å². The molecule has 1 amide bonds. The normalized spacial score (nSPS) is 12.3. The zero-order valence-corrected chi connectivity index (χ0v) is 14.5. The Kier molecular flexibility index (Phi) is 4.34. The lowest BCUT2D eigenvalue weighted by molar-refractivity contribution is 0.0936. The molecule has 3 aromatic rings. The van der Waals surface area contributed by atoms with E-state index >= 15 is 0 Å². The maximum Gasteiger partial charge on any atom is 0.255 e. The van der Waals surface area contributed by atoms with Crippen molar-refractivity contribution >= 4 is 11.6 Å². The molecule has 5 heteroatoms. The van der Waals surface area contributed by atoms with Crippen molar-refractivity contribution in [2.75, 3.05) is 0 Å². The van der Waals surface area contributed by atoms with E-state index < -0.39 is 0 Å². The SMILES string of the molecule is CCC(NC(=O)c1ccn2c(C)cc(C)nc12)c1ncccc1C. The van der Waals surface area contributed by atoms with Crippen LogP contribution < -0.4 is 5.32 Å². The molecule has 0 aromatic carbocycles.